The van der Waals surface area contributed by atoms with E-state index in [2.05, 4.69) is 10.0 Å². The Morgan fingerprint density at radius 3 is 2.40 bits per heavy atom. The first kappa shape index (κ1) is 21.6. The molecule has 0 unspecified atom stereocenters. The lowest BCUT2D eigenvalue weighted by Crippen LogP contribution is -2.16. The van der Waals surface area contributed by atoms with Gasteiger partial charge in [0.15, 0.2) is 0 Å². The summed E-state index contributed by atoms with van der Waals surface area (Å²) in [7, 11) is -2.42. The highest BCUT2D eigenvalue weighted by molar-refractivity contribution is 7.92. The highest BCUT2D eigenvalue weighted by Gasteiger charge is 2.17. The van der Waals surface area contributed by atoms with Gasteiger partial charge in [0.2, 0.25) is 5.91 Å². The van der Waals surface area contributed by atoms with E-state index < -0.39 is 21.7 Å². The second-order valence-electron chi connectivity index (χ2n) is 6.26. The van der Waals surface area contributed by atoms with Crippen molar-refractivity contribution in [1.82, 2.24) is 0 Å². The first-order chi connectivity index (χ1) is 14.3. The minimum absolute atomic E-state index is 0.00329. The van der Waals surface area contributed by atoms with Crippen LogP contribution in [0.3, 0.4) is 0 Å². The van der Waals surface area contributed by atoms with E-state index in [1.54, 1.807) is 24.3 Å². The number of nitrogens with one attached hydrogen (secondary N) is 2. The van der Waals surface area contributed by atoms with Crippen LogP contribution in [-0.2, 0) is 21.2 Å². The summed E-state index contributed by atoms with van der Waals surface area (Å²) in [5.74, 6) is -0.664. The fourth-order valence-corrected chi connectivity index (χ4v) is 4.02. The monoisotopic (exact) mass is 448 g/mol. The van der Waals surface area contributed by atoms with E-state index in [-0.39, 0.29) is 21.9 Å². The van der Waals surface area contributed by atoms with Crippen LogP contribution in [0.15, 0.2) is 71.6 Å². The van der Waals surface area contributed by atoms with Crippen LogP contribution < -0.4 is 14.8 Å². The van der Waals surface area contributed by atoms with Gasteiger partial charge in [-0.25, -0.2) is 12.8 Å². The van der Waals surface area contributed by atoms with E-state index >= 15 is 0 Å². The summed E-state index contributed by atoms with van der Waals surface area (Å²) in [5, 5.41) is 2.75. The maximum absolute atomic E-state index is 13.8. The van der Waals surface area contributed by atoms with Gasteiger partial charge in [-0.1, -0.05) is 29.8 Å². The minimum Gasteiger partial charge on any atom is -0.495 e. The van der Waals surface area contributed by atoms with Gasteiger partial charge in [0.05, 0.1) is 24.1 Å². The molecule has 1 amide bonds. The molecule has 0 aromatic heterocycles. The van der Waals surface area contributed by atoms with E-state index in [0.717, 1.165) is 0 Å². The van der Waals surface area contributed by atoms with Crippen LogP contribution in [0.5, 0.6) is 5.75 Å². The summed E-state index contributed by atoms with van der Waals surface area (Å²) in [6, 6.07) is 16.4. The van der Waals surface area contributed by atoms with Gasteiger partial charge in [0, 0.05) is 16.3 Å². The Morgan fingerprint density at radius 2 is 1.73 bits per heavy atom. The van der Waals surface area contributed by atoms with E-state index in [1.807, 2.05) is 0 Å². The lowest BCUT2D eigenvalue weighted by Gasteiger charge is -2.12. The third-order valence-corrected chi connectivity index (χ3v) is 5.93. The van der Waals surface area contributed by atoms with Crippen molar-refractivity contribution in [2.24, 2.45) is 0 Å². The predicted molar refractivity (Wildman–Crippen MR) is 114 cm³/mol. The maximum atomic E-state index is 13.8. The summed E-state index contributed by atoms with van der Waals surface area (Å²) in [6.45, 7) is 0. The van der Waals surface area contributed by atoms with Crippen molar-refractivity contribution in [2.75, 3.05) is 17.1 Å². The average Bonchev–Trinajstić information content (AvgIpc) is 2.71. The number of carbonyl (C=O) groups is 1. The number of halogens is 2. The van der Waals surface area contributed by atoms with Gasteiger partial charge in [0.1, 0.15) is 11.6 Å². The van der Waals surface area contributed by atoms with Crippen LogP contribution in [0.1, 0.15) is 5.56 Å². The third kappa shape index (κ3) is 5.08. The van der Waals surface area contributed by atoms with E-state index in [4.69, 9.17) is 16.3 Å². The van der Waals surface area contributed by atoms with Crippen molar-refractivity contribution in [3.05, 3.63) is 83.1 Å². The summed E-state index contributed by atoms with van der Waals surface area (Å²) < 4.78 is 46.6. The molecule has 0 fully saturated rings. The normalized spacial score (nSPS) is 11.0. The molecule has 3 rings (SSSR count). The number of rotatable bonds is 7. The fourth-order valence-electron chi connectivity index (χ4n) is 2.72. The Morgan fingerprint density at radius 1 is 1.03 bits per heavy atom. The molecule has 3 aromatic carbocycles. The molecule has 0 spiro atoms. The minimum atomic E-state index is -3.86. The molecule has 156 valence electrons. The smallest absolute Gasteiger partial charge is 0.262 e. The number of ether oxygens (including phenoxy) is 1. The molecule has 0 bridgehead atoms. The molecule has 0 saturated heterocycles. The molecule has 3 aromatic rings. The molecule has 0 aliphatic carbocycles. The van der Waals surface area contributed by atoms with Gasteiger partial charge in [0.25, 0.3) is 10.0 Å². The zero-order valence-electron chi connectivity index (χ0n) is 15.9. The molecule has 30 heavy (non-hydrogen) atoms. The summed E-state index contributed by atoms with van der Waals surface area (Å²) >= 11 is 5.93. The number of benzene rings is 3. The Balaban J connectivity index is 1.70. The molecule has 6 nitrogen and oxygen atoms in total. The number of hydrogen-bond acceptors (Lipinski definition) is 4. The molecular formula is C21H18ClFN2O4S. The quantitative estimate of drug-likeness (QED) is 0.558. The lowest BCUT2D eigenvalue weighted by molar-refractivity contribution is -0.115. The van der Waals surface area contributed by atoms with E-state index in [1.165, 1.54) is 49.6 Å². The van der Waals surface area contributed by atoms with Gasteiger partial charge in [-0.05, 0) is 48.5 Å². The van der Waals surface area contributed by atoms with E-state index in [0.29, 0.717) is 17.1 Å². The van der Waals surface area contributed by atoms with Crippen LogP contribution in [0.4, 0.5) is 15.8 Å². The van der Waals surface area contributed by atoms with Crippen LogP contribution in [0, 0.1) is 5.82 Å². The van der Waals surface area contributed by atoms with Gasteiger partial charge >= 0.3 is 0 Å². The SMILES string of the molecule is COc1ccccc1NS(=O)(=O)c1ccc(NC(=O)Cc2c(F)cccc2Cl)cc1. The number of para-hydroxylation sites is 2. The summed E-state index contributed by atoms with van der Waals surface area (Å²) in [6.07, 6.45) is -0.249. The zero-order chi connectivity index (χ0) is 21.7. The van der Waals surface area contributed by atoms with Crippen molar-refractivity contribution in [3.63, 3.8) is 0 Å². The number of anilines is 2. The fraction of sp³-hybridized carbons (Fsp3) is 0.0952. The molecule has 9 heteroatoms. The summed E-state index contributed by atoms with van der Waals surface area (Å²) in [5.41, 5.74) is 0.764. The van der Waals surface area contributed by atoms with Gasteiger partial charge in [-0.3, -0.25) is 9.52 Å². The Labute approximate surface area is 178 Å². The second-order valence-corrected chi connectivity index (χ2v) is 8.34. The molecule has 0 radical (unpaired) electrons. The zero-order valence-corrected chi connectivity index (χ0v) is 17.4. The molecule has 0 heterocycles. The number of methoxy groups -OCH3 is 1. The van der Waals surface area contributed by atoms with Crippen molar-refractivity contribution >= 4 is 38.9 Å². The van der Waals surface area contributed by atoms with Crippen LogP contribution >= 0.6 is 11.6 Å². The molecule has 0 aliphatic heterocycles. The third-order valence-electron chi connectivity index (χ3n) is 4.20. The van der Waals surface area contributed by atoms with Gasteiger partial charge < -0.3 is 10.1 Å². The predicted octanol–water partition coefficient (Wildman–Crippen LogP) is 4.47. The first-order valence-electron chi connectivity index (χ1n) is 8.79. The Hall–Kier alpha value is -3.10. The van der Waals surface area contributed by atoms with E-state index in [9.17, 15) is 17.6 Å². The van der Waals surface area contributed by atoms with Crippen molar-refractivity contribution < 1.29 is 22.3 Å². The largest absolute Gasteiger partial charge is 0.495 e. The number of carbonyl (C=O) groups excluding carboxylic acids is 1. The van der Waals surface area contributed by atoms with Crippen molar-refractivity contribution in [3.8, 4) is 5.75 Å². The highest BCUT2D eigenvalue weighted by atomic mass is 35.5. The van der Waals surface area contributed by atoms with Crippen LogP contribution in [-0.4, -0.2) is 21.4 Å². The molecular weight excluding hydrogens is 431 g/mol. The number of amides is 1. The first-order valence-corrected chi connectivity index (χ1v) is 10.6. The highest BCUT2D eigenvalue weighted by Crippen LogP contribution is 2.26. The van der Waals surface area contributed by atoms with Gasteiger partial charge in [-0.2, -0.15) is 0 Å². The maximum Gasteiger partial charge on any atom is 0.262 e. The second kappa shape index (κ2) is 9.15. The van der Waals surface area contributed by atoms with Crippen molar-refractivity contribution in [1.29, 1.82) is 0 Å². The average molecular weight is 449 g/mol. The van der Waals surface area contributed by atoms with Crippen LogP contribution in [0.25, 0.3) is 0 Å². The number of hydrogen-bond donors (Lipinski definition) is 2. The van der Waals surface area contributed by atoms with Crippen LogP contribution in [0.2, 0.25) is 5.02 Å². The van der Waals surface area contributed by atoms with Gasteiger partial charge in [-0.15, -0.1) is 0 Å². The number of sulfonamides is 1. The molecule has 0 saturated carbocycles. The Bertz CT molecular complexity index is 1150. The lowest BCUT2D eigenvalue weighted by atomic mass is 10.1. The molecule has 0 atom stereocenters. The standard InChI is InChI=1S/C21H18ClFN2O4S/c1-29-20-8-3-2-7-19(20)25-30(27,28)15-11-9-14(10-12-15)24-21(26)13-16-17(22)5-4-6-18(16)23/h2-12,25H,13H2,1H3,(H,24,26). The summed E-state index contributed by atoms with van der Waals surface area (Å²) in [4.78, 5) is 12.2. The molecule has 2 N–H and O–H groups in total. The Kier molecular flexibility index (Phi) is 6.59. The topological polar surface area (TPSA) is 84.5 Å². The van der Waals surface area contributed by atoms with Crippen molar-refractivity contribution in [2.45, 2.75) is 11.3 Å². The molecule has 0 aliphatic rings.